The summed E-state index contributed by atoms with van der Waals surface area (Å²) in [5.74, 6) is -0.111. The first kappa shape index (κ1) is 10.7. The molecule has 1 rings (SSSR count). The molecule has 1 unspecified atom stereocenters. The number of unbranched alkanes of at least 4 members (excludes halogenated alkanes) is 1. The van der Waals surface area contributed by atoms with Gasteiger partial charge < -0.3 is 0 Å². The van der Waals surface area contributed by atoms with Gasteiger partial charge in [-0.1, -0.05) is 53.9 Å². The van der Waals surface area contributed by atoms with E-state index in [9.17, 15) is 4.39 Å². The Kier molecular flexibility index (Phi) is 4.43. The quantitative estimate of drug-likeness (QED) is 0.687. The van der Waals surface area contributed by atoms with E-state index in [-0.39, 0.29) is 10.6 Å². The number of benzene rings is 1. The molecular formula is C11H14BrF. The maximum absolute atomic E-state index is 13.2. The van der Waals surface area contributed by atoms with Gasteiger partial charge >= 0.3 is 0 Å². The second-order valence-corrected chi connectivity index (χ2v) is 4.24. The van der Waals surface area contributed by atoms with Crippen molar-refractivity contribution in [1.29, 1.82) is 0 Å². The van der Waals surface area contributed by atoms with Gasteiger partial charge in [-0.3, -0.25) is 0 Å². The van der Waals surface area contributed by atoms with Crippen LogP contribution < -0.4 is 0 Å². The van der Waals surface area contributed by atoms with Crippen molar-refractivity contribution < 1.29 is 4.39 Å². The molecule has 2 heteroatoms. The summed E-state index contributed by atoms with van der Waals surface area (Å²) in [6.45, 7) is 2.14. The third-order valence-electron chi connectivity index (χ3n) is 2.05. The molecule has 0 aliphatic carbocycles. The molecule has 1 aromatic carbocycles. The first-order valence-corrected chi connectivity index (χ1v) is 5.55. The van der Waals surface area contributed by atoms with E-state index < -0.39 is 0 Å². The third kappa shape index (κ3) is 3.11. The van der Waals surface area contributed by atoms with E-state index in [1.54, 1.807) is 6.07 Å². The van der Waals surface area contributed by atoms with Crippen molar-refractivity contribution in [3.8, 4) is 0 Å². The van der Waals surface area contributed by atoms with Crippen LogP contribution in [0.2, 0.25) is 0 Å². The Bertz CT molecular complexity index is 260. The SMILES string of the molecule is CCCCC(Br)c1ccccc1F. The van der Waals surface area contributed by atoms with E-state index in [1.807, 2.05) is 12.1 Å². The van der Waals surface area contributed by atoms with Crippen LogP contribution in [0.1, 0.15) is 36.6 Å². The topological polar surface area (TPSA) is 0 Å². The summed E-state index contributed by atoms with van der Waals surface area (Å²) in [7, 11) is 0. The molecule has 0 radical (unpaired) electrons. The maximum Gasteiger partial charge on any atom is 0.127 e. The molecule has 13 heavy (non-hydrogen) atoms. The van der Waals surface area contributed by atoms with Crippen molar-refractivity contribution >= 4 is 15.9 Å². The second kappa shape index (κ2) is 5.38. The molecule has 72 valence electrons. The van der Waals surface area contributed by atoms with Crippen LogP contribution in [-0.2, 0) is 0 Å². The Hall–Kier alpha value is -0.370. The Balaban J connectivity index is 2.65. The predicted molar refractivity (Wildman–Crippen MR) is 57.6 cm³/mol. The largest absolute Gasteiger partial charge is 0.207 e. The smallest absolute Gasteiger partial charge is 0.127 e. The molecule has 1 atom stereocenters. The van der Waals surface area contributed by atoms with Crippen molar-refractivity contribution in [1.82, 2.24) is 0 Å². The van der Waals surface area contributed by atoms with Gasteiger partial charge in [0.1, 0.15) is 5.82 Å². The van der Waals surface area contributed by atoms with Crippen molar-refractivity contribution in [3.05, 3.63) is 35.6 Å². The van der Waals surface area contributed by atoms with Gasteiger partial charge in [0.25, 0.3) is 0 Å². The van der Waals surface area contributed by atoms with Crippen LogP contribution in [0.25, 0.3) is 0 Å². The first-order chi connectivity index (χ1) is 6.25. The fourth-order valence-electron chi connectivity index (χ4n) is 1.27. The van der Waals surface area contributed by atoms with Crippen LogP contribution in [0.3, 0.4) is 0 Å². The number of alkyl halides is 1. The van der Waals surface area contributed by atoms with Crippen LogP contribution in [0.4, 0.5) is 4.39 Å². The zero-order chi connectivity index (χ0) is 9.68. The summed E-state index contributed by atoms with van der Waals surface area (Å²) in [6, 6.07) is 6.94. The first-order valence-electron chi connectivity index (χ1n) is 4.64. The summed E-state index contributed by atoms with van der Waals surface area (Å²) >= 11 is 3.50. The fraction of sp³-hybridized carbons (Fsp3) is 0.455. The zero-order valence-corrected chi connectivity index (χ0v) is 9.35. The van der Waals surface area contributed by atoms with Gasteiger partial charge in [-0.05, 0) is 12.5 Å². The molecule has 0 fully saturated rings. The summed E-state index contributed by atoms with van der Waals surface area (Å²) in [4.78, 5) is 0.161. The molecule has 0 saturated carbocycles. The minimum atomic E-state index is -0.111. The average molecular weight is 245 g/mol. The molecule has 0 saturated heterocycles. The van der Waals surface area contributed by atoms with Crippen LogP contribution in [0, 0.1) is 5.82 Å². The standard InChI is InChI=1S/C11H14BrF/c1-2-3-7-10(12)9-6-4-5-8-11(9)13/h4-6,8,10H,2-3,7H2,1H3. The van der Waals surface area contributed by atoms with Gasteiger partial charge in [-0.25, -0.2) is 4.39 Å². The van der Waals surface area contributed by atoms with E-state index in [4.69, 9.17) is 0 Å². The van der Waals surface area contributed by atoms with Crippen LogP contribution in [0.5, 0.6) is 0 Å². The molecule has 0 aliphatic heterocycles. The van der Waals surface area contributed by atoms with Gasteiger partial charge in [0.2, 0.25) is 0 Å². The van der Waals surface area contributed by atoms with Gasteiger partial charge in [0.15, 0.2) is 0 Å². The Morgan fingerprint density at radius 3 is 2.69 bits per heavy atom. The van der Waals surface area contributed by atoms with Crippen LogP contribution in [0.15, 0.2) is 24.3 Å². The number of hydrogen-bond donors (Lipinski definition) is 0. The molecular weight excluding hydrogens is 231 g/mol. The minimum absolute atomic E-state index is 0.111. The van der Waals surface area contributed by atoms with Gasteiger partial charge in [-0.15, -0.1) is 0 Å². The van der Waals surface area contributed by atoms with E-state index in [0.29, 0.717) is 0 Å². The van der Waals surface area contributed by atoms with E-state index in [1.165, 1.54) is 6.07 Å². The molecule has 0 aliphatic rings. The molecule has 1 aromatic rings. The maximum atomic E-state index is 13.2. The van der Waals surface area contributed by atoms with E-state index >= 15 is 0 Å². The van der Waals surface area contributed by atoms with Crippen LogP contribution >= 0.6 is 15.9 Å². The zero-order valence-electron chi connectivity index (χ0n) is 7.76. The fourth-order valence-corrected chi connectivity index (χ4v) is 1.96. The Labute approximate surface area is 87.3 Å². The highest BCUT2D eigenvalue weighted by Gasteiger charge is 2.10. The van der Waals surface area contributed by atoms with Gasteiger partial charge in [-0.2, -0.15) is 0 Å². The predicted octanol–water partition coefficient (Wildman–Crippen LogP) is 4.45. The van der Waals surface area contributed by atoms with Crippen molar-refractivity contribution in [2.75, 3.05) is 0 Å². The van der Waals surface area contributed by atoms with E-state index in [0.717, 1.165) is 24.8 Å². The summed E-state index contributed by atoms with van der Waals surface area (Å²) in [5.41, 5.74) is 0.774. The number of hydrogen-bond acceptors (Lipinski definition) is 0. The molecule has 0 aromatic heterocycles. The van der Waals surface area contributed by atoms with Crippen LogP contribution in [-0.4, -0.2) is 0 Å². The lowest BCUT2D eigenvalue weighted by molar-refractivity contribution is 0.597. The van der Waals surface area contributed by atoms with Crippen molar-refractivity contribution in [3.63, 3.8) is 0 Å². The number of rotatable bonds is 4. The molecule has 0 spiro atoms. The molecule has 0 nitrogen and oxygen atoms in total. The highest BCUT2D eigenvalue weighted by molar-refractivity contribution is 9.09. The number of halogens is 2. The molecule has 0 N–H and O–H groups in total. The molecule has 0 heterocycles. The summed E-state index contributed by atoms with van der Waals surface area (Å²) in [6.07, 6.45) is 3.28. The lowest BCUT2D eigenvalue weighted by Gasteiger charge is -2.09. The summed E-state index contributed by atoms with van der Waals surface area (Å²) in [5, 5.41) is 0. The average Bonchev–Trinajstić information content (AvgIpc) is 2.15. The normalized spacial score (nSPS) is 12.8. The molecule has 0 amide bonds. The monoisotopic (exact) mass is 244 g/mol. The van der Waals surface area contributed by atoms with Gasteiger partial charge in [0, 0.05) is 10.4 Å². The highest BCUT2D eigenvalue weighted by Crippen LogP contribution is 2.29. The highest BCUT2D eigenvalue weighted by atomic mass is 79.9. The lowest BCUT2D eigenvalue weighted by atomic mass is 10.1. The summed E-state index contributed by atoms with van der Waals surface area (Å²) < 4.78 is 13.2. The lowest BCUT2D eigenvalue weighted by Crippen LogP contribution is -1.93. The Morgan fingerprint density at radius 1 is 1.38 bits per heavy atom. The van der Waals surface area contributed by atoms with E-state index in [2.05, 4.69) is 22.9 Å². The minimum Gasteiger partial charge on any atom is -0.207 e. The van der Waals surface area contributed by atoms with Gasteiger partial charge in [0.05, 0.1) is 0 Å². The van der Waals surface area contributed by atoms with Crippen molar-refractivity contribution in [2.24, 2.45) is 0 Å². The van der Waals surface area contributed by atoms with Crippen molar-refractivity contribution in [2.45, 2.75) is 31.0 Å². The third-order valence-corrected chi connectivity index (χ3v) is 3.00. The second-order valence-electron chi connectivity index (χ2n) is 3.13. The molecule has 0 bridgehead atoms. The Morgan fingerprint density at radius 2 is 2.08 bits per heavy atom.